The van der Waals surface area contributed by atoms with Crippen molar-refractivity contribution in [2.45, 2.75) is 19.3 Å². The number of nitrogens with zero attached hydrogens (tertiary/aromatic N) is 4. The van der Waals surface area contributed by atoms with Crippen molar-refractivity contribution in [1.82, 2.24) is 25.3 Å². The lowest BCUT2D eigenvalue weighted by molar-refractivity contribution is 0.373. The van der Waals surface area contributed by atoms with Gasteiger partial charge in [0.2, 0.25) is 5.89 Å². The average Bonchev–Trinajstić information content (AvgIpc) is 3.09. The molecular formula is C13H13N5O. The molecule has 1 N–H and O–H groups in total. The zero-order valence-electron chi connectivity index (χ0n) is 10.3. The highest BCUT2D eigenvalue weighted by Crippen LogP contribution is 2.07. The van der Waals surface area contributed by atoms with Crippen LogP contribution in [0.25, 0.3) is 0 Å². The summed E-state index contributed by atoms with van der Waals surface area (Å²) >= 11 is 0. The quantitative estimate of drug-likeness (QED) is 0.748. The van der Waals surface area contributed by atoms with Crippen molar-refractivity contribution in [3.8, 4) is 0 Å². The summed E-state index contributed by atoms with van der Waals surface area (Å²) in [5, 5.41) is 10.6. The molecular weight excluding hydrogens is 242 g/mol. The molecule has 2 heterocycles. The molecule has 0 unspecified atom stereocenters. The van der Waals surface area contributed by atoms with Crippen molar-refractivity contribution < 1.29 is 4.52 Å². The van der Waals surface area contributed by atoms with Gasteiger partial charge in [0, 0.05) is 19.3 Å². The summed E-state index contributed by atoms with van der Waals surface area (Å²) in [5.41, 5.74) is 1.17. The highest BCUT2D eigenvalue weighted by molar-refractivity contribution is 5.18. The van der Waals surface area contributed by atoms with Gasteiger partial charge in [-0.2, -0.15) is 10.1 Å². The topological polar surface area (TPSA) is 80.5 Å². The highest BCUT2D eigenvalue weighted by Gasteiger charge is 2.08. The maximum Gasteiger partial charge on any atom is 0.227 e. The number of aromatic nitrogens is 5. The molecule has 3 rings (SSSR count). The molecule has 3 aromatic rings. The van der Waals surface area contributed by atoms with E-state index in [1.807, 2.05) is 30.3 Å². The molecule has 0 aliphatic carbocycles. The standard InChI is InChI=1S/C13H13N5O/c1-2-4-10(5-3-1)8-12-16-13(19-18-12)7-6-11-14-9-15-17-11/h1-5,9H,6-8H2,(H,14,15,17). The Kier molecular flexibility index (Phi) is 3.31. The Morgan fingerprint density at radius 3 is 2.79 bits per heavy atom. The summed E-state index contributed by atoms with van der Waals surface area (Å²) in [4.78, 5) is 8.41. The second-order valence-electron chi connectivity index (χ2n) is 4.20. The van der Waals surface area contributed by atoms with Gasteiger partial charge < -0.3 is 4.52 Å². The first-order valence-electron chi connectivity index (χ1n) is 6.10. The van der Waals surface area contributed by atoms with Gasteiger partial charge in [-0.15, -0.1) is 0 Å². The molecule has 0 aliphatic heterocycles. The van der Waals surface area contributed by atoms with Crippen LogP contribution >= 0.6 is 0 Å². The van der Waals surface area contributed by atoms with E-state index in [1.165, 1.54) is 11.9 Å². The third-order valence-corrected chi connectivity index (χ3v) is 2.76. The summed E-state index contributed by atoms with van der Waals surface area (Å²) in [5.74, 6) is 2.16. The number of benzene rings is 1. The van der Waals surface area contributed by atoms with Crippen LogP contribution in [0.15, 0.2) is 41.2 Å². The van der Waals surface area contributed by atoms with E-state index in [-0.39, 0.29) is 0 Å². The van der Waals surface area contributed by atoms with E-state index in [9.17, 15) is 0 Å². The minimum atomic E-state index is 0.627. The van der Waals surface area contributed by atoms with E-state index in [0.717, 1.165) is 5.82 Å². The van der Waals surface area contributed by atoms with Crippen LogP contribution in [-0.2, 0) is 19.3 Å². The number of nitrogens with one attached hydrogen (secondary N) is 1. The van der Waals surface area contributed by atoms with Gasteiger partial charge in [0.15, 0.2) is 5.82 Å². The van der Waals surface area contributed by atoms with Crippen molar-refractivity contribution in [3.63, 3.8) is 0 Å². The van der Waals surface area contributed by atoms with Crippen molar-refractivity contribution >= 4 is 0 Å². The summed E-state index contributed by atoms with van der Waals surface area (Å²) in [7, 11) is 0. The van der Waals surface area contributed by atoms with Crippen LogP contribution in [-0.4, -0.2) is 25.3 Å². The third kappa shape index (κ3) is 3.04. The summed E-state index contributed by atoms with van der Waals surface area (Å²) in [6.07, 6.45) is 3.56. The van der Waals surface area contributed by atoms with Crippen LogP contribution in [0.5, 0.6) is 0 Å². The highest BCUT2D eigenvalue weighted by atomic mass is 16.5. The minimum Gasteiger partial charge on any atom is -0.339 e. The first kappa shape index (κ1) is 11.6. The summed E-state index contributed by atoms with van der Waals surface area (Å²) < 4.78 is 5.21. The molecule has 2 aromatic heterocycles. The van der Waals surface area contributed by atoms with Crippen molar-refractivity contribution in [1.29, 1.82) is 0 Å². The Balaban J connectivity index is 1.60. The second kappa shape index (κ2) is 5.43. The smallest absolute Gasteiger partial charge is 0.227 e. The summed E-state index contributed by atoms with van der Waals surface area (Å²) in [6, 6.07) is 10.1. The Hall–Kier alpha value is -2.50. The van der Waals surface area contributed by atoms with Crippen LogP contribution in [0, 0.1) is 0 Å². The molecule has 0 saturated carbocycles. The third-order valence-electron chi connectivity index (χ3n) is 2.76. The van der Waals surface area contributed by atoms with Gasteiger partial charge in [0.05, 0.1) is 0 Å². The number of hydrogen-bond donors (Lipinski definition) is 1. The van der Waals surface area contributed by atoms with E-state index in [4.69, 9.17) is 4.52 Å². The molecule has 0 spiro atoms. The van der Waals surface area contributed by atoms with Crippen LogP contribution in [0.4, 0.5) is 0 Å². The fraction of sp³-hybridized carbons (Fsp3) is 0.231. The predicted molar refractivity (Wildman–Crippen MR) is 67.3 cm³/mol. The lowest BCUT2D eigenvalue weighted by Gasteiger charge is -1.94. The maximum absolute atomic E-state index is 5.21. The van der Waals surface area contributed by atoms with Crippen LogP contribution in [0.3, 0.4) is 0 Å². The Labute approximate surface area is 109 Å². The Bertz CT molecular complexity index is 618. The van der Waals surface area contributed by atoms with Gasteiger partial charge in [0.1, 0.15) is 12.2 Å². The molecule has 1 aromatic carbocycles. The van der Waals surface area contributed by atoms with Gasteiger partial charge in [-0.25, -0.2) is 4.98 Å². The molecule has 6 nitrogen and oxygen atoms in total. The van der Waals surface area contributed by atoms with Crippen molar-refractivity contribution in [2.24, 2.45) is 0 Å². The van der Waals surface area contributed by atoms with Gasteiger partial charge in [-0.3, -0.25) is 5.10 Å². The molecule has 19 heavy (non-hydrogen) atoms. The van der Waals surface area contributed by atoms with Crippen molar-refractivity contribution in [2.75, 3.05) is 0 Å². The van der Waals surface area contributed by atoms with Crippen LogP contribution in [0.2, 0.25) is 0 Å². The fourth-order valence-corrected chi connectivity index (χ4v) is 1.82. The van der Waals surface area contributed by atoms with E-state index in [0.29, 0.717) is 31.0 Å². The van der Waals surface area contributed by atoms with Gasteiger partial charge in [0.25, 0.3) is 0 Å². The number of aromatic amines is 1. The van der Waals surface area contributed by atoms with E-state index < -0.39 is 0 Å². The molecule has 96 valence electrons. The molecule has 0 radical (unpaired) electrons. The Morgan fingerprint density at radius 1 is 1.11 bits per heavy atom. The zero-order valence-corrected chi connectivity index (χ0v) is 10.3. The number of hydrogen-bond acceptors (Lipinski definition) is 5. The number of rotatable bonds is 5. The normalized spacial score (nSPS) is 10.7. The molecule has 0 aliphatic rings. The van der Waals surface area contributed by atoms with Gasteiger partial charge in [-0.05, 0) is 5.56 Å². The molecule has 0 amide bonds. The minimum absolute atomic E-state index is 0.627. The first-order valence-corrected chi connectivity index (χ1v) is 6.10. The molecule has 0 fully saturated rings. The largest absolute Gasteiger partial charge is 0.339 e. The fourth-order valence-electron chi connectivity index (χ4n) is 1.82. The van der Waals surface area contributed by atoms with Gasteiger partial charge >= 0.3 is 0 Å². The van der Waals surface area contributed by atoms with E-state index in [1.54, 1.807) is 0 Å². The molecule has 0 saturated heterocycles. The molecule has 0 atom stereocenters. The van der Waals surface area contributed by atoms with Gasteiger partial charge in [-0.1, -0.05) is 35.5 Å². The zero-order chi connectivity index (χ0) is 12.9. The maximum atomic E-state index is 5.21. The van der Waals surface area contributed by atoms with Crippen LogP contribution < -0.4 is 0 Å². The van der Waals surface area contributed by atoms with Crippen LogP contribution in [0.1, 0.15) is 23.1 Å². The summed E-state index contributed by atoms with van der Waals surface area (Å²) in [6.45, 7) is 0. The molecule has 6 heteroatoms. The predicted octanol–water partition coefficient (Wildman–Crippen LogP) is 1.56. The Morgan fingerprint density at radius 2 is 2.00 bits per heavy atom. The number of aryl methyl sites for hydroxylation is 2. The molecule has 0 bridgehead atoms. The average molecular weight is 255 g/mol. The second-order valence-corrected chi connectivity index (χ2v) is 4.20. The number of H-pyrrole nitrogens is 1. The van der Waals surface area contributed by atoms with E-state index in [2.05, 4.69) is 25.3 Å². The monoisotopic (exact) mass is 255 g/mol. The SMILES string of the molecule is c1ccc(Cc2noc(CCc3ncn[nH]3)n2)cc1. The van der Waals surface area contributed by atoms with E-state index >= 15 is 0 Å². The lowest BCUT2D eigenvalue weighted by atomic mass is 10.1. The van der Waals surface area contributed by atoms with Crippen molar-refractivity contribution in [3.05, 3.63) is 59.8 Å². The first-order chi connectivity index (χ1) is 9.40. The lowest BCUT2D eigenvalue weighted by Crippen LogP contribution is -1.95.